The maximum atomic E-state index is 4.79. The van der Waals surface area contributed by atoms with Crippen LogP contribution < -0.4 is 5.32 Å². The predicted octanol–water partition coefficient (Wildman–Crippen LogP) is 2.98. The SMILES string of the molecule is c1ccc(-c2nc3cccnc3n2C2CCCN2)cc1. The third kappa shape index (κ3) is 1.80. The molecule has 1 aliphatic rings. The van der Waals surface area contributed by atoms with Crippen LogP contribution in [0.25, 0.3) is 22.6 Å². The van der Waals surface area contributed by atoms with Gasteiger partial charge in [-0.25, -0.2) is 9.97 Å². The minimum atomic E-state index is 0.296. The normalized spacial score (nSPS) is 18.7. The van der Waals surface area contributed by atoms with Gasteiger partial charge in [0.1, 0.15) is 11.3 Å². The van der Waals surface area contributed by atoms with E-state index in [2.05, 4.69) is 39.1 Å². The van der Waals surface area contributed by atoms with E-state index in [0.717, 1.165) is 35.5 Å². The highest BCUT2D eigenvalue weighted by Gasteiger charge is 2.23. The van der Waals surface area contributed by atoms with Crippen LogP contribution in [-0.2, 0) is 0 Å². The fourth-order valence-electron chi connectivity index (χ4n) is 2.90. The molecule has 1 aliphatic heterocycles. The van der Waals surface area contributed by atoms with Crippen LogP contribution in [0.15, 0.2) is 48.7 Å². The molecule has 4 heteroatoms. The largest absolute Gasteiger partial charge is 0.297 e. The molecule has 0 amide bonds. The van der Waals surface area contributed by atoms with E-state index in [9.17, 15) is 0 Å². The maximum Gasteiger partial charge on any atom is 0.161 e. The van der Waals surface area contributed by atoms with Crippen LogP contribution >= 0.6 is 0 Å². The molecule has 1 aromatic carbocycles. The van der Waals surface area contributed by atoms with E-state index in [1.165, 1.54) is 6.42 Å². The number of benzene rings is 1. The molecule has 4 rings (SSSR count). The van der Waals surface area contributed by atoms with E-state index in [-0.39, 0.29) is 0 Å². The van der Waals surface area contributed by atoms with Gasteiger partial charge in [0.05, 0.1) is 6.17 Å². The average Bonchev–Trinajstić information content (AvgIpc) is 3.14. The van der Waals surface area contributed by atoms with Crippen molar-refractivity contribution in [2.45, 2.75) is 19.0 Å². The van der Waals surface area contributed by atoms with Crippen LogP contribution in [0.1, 0.15) is 19.0 Å². The van der Waals surface area contributed by atoms with Gasteiger partial charge in [0, 0.05) is 11.8 Å². The van der Waals surface area contributed by atoms with Crippen LogP contribution in [0.4, 0.5) is 0 Å². The highest BCUT2D eigenvalue weighted by Crippen LogP contribution is 2.29. The van der Waals surface area contributed by atoms with Gasteiger partial charge in [-0.2, -0.15) is 0 Å². The number of rotatable bonds is 2. The van der Waals surface area contributed by atoms with E-state index >= 15 is 0 Å². The fourth-order valence-corrected chi connectivity index (χ4v) is 2.90. The molecular weight excluding hydrogens is 248 g/mol. The molecule has 1 unspecified atom stereocenters. The van der Waals surface area contributed by atoms with Crippen molar-refractivity contribution < 1.29 is 0 Å². The van der Waals surface area contributed by atoms with Gasteiger partial charge in [0.25, 0.3) is 0 Å². The molecule has 1 saturated heterocycles. The summed E-state index contributed by atoms with van der Waals surface area (Å²) in [7, 11) is 0. The maximum absolute atomic E-state index is 4.79. The summed E-state index contributed by atoms with van der Waals surface area (Å²) in [5, 5.41) is 3.54. The summed E-state index contributed by atoms with van der Waals surface area (Å²) in [6.07, 6.45) is 4.46. The number of nitrogens with one attached hydrogen (secondary N) is 1. The Morgan fingerprint density at radius 2 is 2.00 bits per heavy atom. The fraction of sp³-hybridized carbons (Fsp3) is 0.250. The van der Waals surface area contributed by atoms with Crippen molar-refractivity contribution in [1.29, 1.82) is 0 Å². The van der Waals surface area contributed by atoms with Gasteiger partial charge in [-0.15, -0.1) is 0 Å². The van der Waals surface area contributed by atoms with Crippen molar-refractivity contribution in [1.82, 2.24) is 19.9 Å². The first-order valence-electron chi connectivity index (χ1n) is 7.05. The zero-order valence-corrected chi connectivity index (χ0v) is 11.2. The predicted molar refractivity (Wildman–Crippen MR) is 79.2 cm³/mol. The number of hydrogen-bond acceptors (Lipinski definition) is 3. The first-order valence-corrected chi connectivity index (χ1v) is 7.05. The van der Waals surface area contributed by atoms with Crippen LogP contribution in [0.3, 0.4) is 0 Å². The number of aromatic nitrogens is 3. The number of imidazole rings is 1. The van der Waals surface area contributed by atoms with E-state index in [1.54, 1.807) is 0 Å². The van der Waals surface area contributed by atoms with Gasteiger partial charge in [0.2, 0.25) is 0 Å². The highest BCUT2D eigenvalue weighted by atomic mass is 15.3. The summed E-state index contributed by atoms with van der Waals surface area (Å²) in [5.41, 5.74) is 3.06. The summed E-state index contributed by atoms with van der Waals surface area (Å²) in [6, 6.07) is 14.3. The first-order chi connectivity index (χ1) is 9.93. The smallest absolute Gasteiger partial charge is 0.161 e. The zero-order valence-electron chi connectivity index (χ0n) is 11.2. The number of fused-ring (bicyclic) bond motifs is 1. The van der Waals surface area contributed by atoms with Gasteiger partial charge in [0.15, 0.2) is 5.65 Å². The molecule has 1 atom stereocenters. The number of pyridine rings is 1. The molecule has 20 heavy (non-hydrogen) atoms. The second kappa shape index (κ2) is 4.72. The van der Waals surface area contributed by atoms with Crippen molar-refractivity contribution >= 4 is 11.2 Å². The standard InChI is InChI=1S/C16H16N4/c1-2-6-12(7-3-1)15-19-13-8-4-11-18-16(13)20(15)14-9-5-10-17-14/h1-4,6-8,11,14,17H,5,9-10H2. The molecule has 2 aromatic heterocycles. The molecular formula is C16H16N4. The van der Waals surface area contributed by atoms with Crippen molar-refractivity contribution in [2.24, 2.45) is 0 Å². The molecule has 0 bridgehead atoms. The lowest BCUT2D eigenvalue weighted by Crippen LogP contribution is -2.20. The summed E-state index contributed by atoms with van der Waals surface area (Å²) in [5.74, 6) is 0.999. The second-order valence-electron chi connectivity index (χ2n) is 5.13. The van der Waals surface area contributed by atoms with Gasteiger partial charge >= 0.3 is 0 Å². The van der Waals surface area contributed by atoms with Crippen molar-refractivity contribution in [3.63, 3.8) is 0 Å². The minimum Gasteiger partial charge on any atom is -0.297 e. The molecule has 1 fully saturated rings. The molecule has 0 saturated carbocycles. The first kappa shape index (κ1) is 11.6. The molecule has 0 radical (unpaired) electrons. The lowest BCUT2D eigenvalue weighted by molar-refractivity contribution is 0.483. The lowest BCUT2D eigenvalue weighted by atomic mass is 10.2. The molecule has 4 nitrogen and oxygen atoms in total. The molecule has 0 aliphatic carbocycles. The molecule has 100 valence electrons. The Balaban J connectivity index is 1.97. The molecule has 3 heterocycles. The summed E-state index contributed by atoms with van der Waals surface area (Å²) >= 11 is 0. The monoisotopic (exact) mass is 264 g/mol. The van der Waals surface area contributed by atoms with Crippen LogP contribution in [0, 0.1) is 0 Å². The Bertz CT molecular complexity index is 727. The Morgan fingerprint density at radius 3 is 2.80 bits per heavy atom. The Morgan fingerprint density at radius 1 is 1.10 bits per heavy atom. The minimum absolute atomic E-state index is 0.296. The number of hydrogen-bond donors (Lipinski definition) is 1. The zero-order chi connectivity index (χ0) is 13.4. The third-order valence-electron chi connectivity index (χ3n) is 3.83. The van der Waals surface area contributed by atoms with E-state index in [4.69, 9.17) is 4.98 Å². The van der Waals surface area contributed by atoms with E-state index < -0.39 is 0 Å². The van der Waals surface area contributed by atoms with Crippen molar-refractivity contribution in [3.8, 4) is 11.4 Å². The second-order valence-corrected chi connectivity index (χ2v) is 5.13. The van der Waals surface area contributed by atoms with Crippen LogP contribution in [-0.4, -0.2) is 21.1 Å². The topological polar surface area (TPSA) is 42.7 Å². The average molecular weight is 264 g/mol. The number of nitrogens with zero attached hydrogens (tertiary/aromatic N) is 3. The Labute approximate surface area is 117 Å². The molecule has 1 N–H and O–H groups in total. The van der Waals surface area contributed by atoms with Gasteiger partial charge < -0.3 is 0 Å². The van der Waals surface area contributed by atoms with Crippen LogP contribution in [0.5, 0.6) is 0 Å². The van der Waals surface area contributed by atoms with E-state index in [1.807, 2.05) is 24.4 Å². The van der Waals surface area contributed by atoms with Crippen LogP contribution in [0.2, 0.25) is 0 Å². The van der Waals surface area contributed by atoms with Crippen molar-refractivity contribution in [3.05, 3.63) is 48.7 Å². The summed E-state index contributed by atoms with van der Waals surface area (Å²) in [6.45, 7) is 1.06. The molecule has 3 aromatic rings. The lowest BCUT2D eigenvalue weighted by Gasteiger charge is -2.16. The van der Waals surface area contributed by atoms with Gasteiger partial charge in [-0.3, -0.25) is 9.88 Å². The van der Waals surface area contributed by atoms with Gasteiger partial charge in [-0.1, -0.05) is 30.3 Å². The molecule has 0 spiro atoms. The Hall–Kier alpha value is -2.20. The Kier molecular flexibility index (Phi) is 2.74. The summed E-state index contributed by atoms with van der Waals surface area (Å²) in [4.78, 5) is 9.32. The van der Waals surface area contributed by atoms with Crippen molar-refractivity contribution in [2.75, 3.05) is 6.54 Å². The third-order valence-corrected chi connectivity index (χ3v) is 3.83. The quantitative estimate of drug-likeness (QED) is 0.773. The highest BCUT2D eigenvalue weighted by molar-refractivity contribution is 5.77. The van der Waals surface area contributed by atoms with Gasteiger partial charge in [-0.05, 0) is 31.5 Å². The van der Waals surface area contributed by atoms with E-state index in [0.29, 0.717) is 6.17 Å². The summed E-state index contributed by atoms with van der Waals surface area (Å²) < 4.78 is 2.25.